The molecule has 1 unspecified atom stereocenters. The van der Waals surface area contributed by atoms with Gasteiger partial charge in [0.15, 0.2) is 0 Å². The molecule has 1 aliphatic rings. The van der Waals surface area contributed by atoms with E-state index in [0.29, 0.717) is 17.1 Å². The second-order valence-corrected chi connectivity index (χ2v) is 6.45. The fraction of sp³-hybridized carbons (Fsp3) is 0.278. The van der Waals surface area contributed by atoms with Crippen molar-refractivity contribution in [2.24, 2.45) is 0 Å². The lowest BCUT2D eigenvalue weighted by Crippen LogP contribution is -2.08. The Morgan fingerprint density at radius 1 is 1.30 bits per heavy atom. The van der Waals surface area contributed by atoms with Crippen LogP contribution in [0.3, 0.4) is 0 Å². The number of rotatable bonds is 5. The summed E-state index contributed by atoms with van der Waals surface area (Å²) in [6.07, 6.45) is 1.72. The predicted octanol–water partition coefficient (Wildman–Crippen LogP) is 4.15. The minimum atomic E-state index is -0.891. The van der Waals surface area contributed by atoms with E-state index >= 15 is 0 Å². The SMILES string of the molecule is COc1ccc(OC2CCc3ccc(Br)cc32)c(CC(=O)O)c1. The summed E-state index contributed by atoms with van der Waals surface area (Å²) < 4.78 is 12.3. The number of carboxylic acids is 1. The van der Waals surface area contributed by atoms with Crippen molar-refractivity contribution in [3.05, 3.63) is 57.6 Å². The third kappa shape index (κ3) is 3.50. The molecule has 0 radical (unpaired) electrons. The zero-order valence-corrected chi connectivity index (χ0v) is 14.3. The van der Waals surface area contributed by atoms with E-state index in [4.69, 9.17) is 14.6 Å². The molecule has 0 aliphatic heterocycles. The second kappa shape index (κ2) is 6.62. The molecule has 0 spiro atoms. The van der Waals surface area contributed by atoms with Gasteiger partial charge in [0.1, 0.15) is 17.6 Å². The van der Waals surface area contributed by atoms with Crippen LogP contribution in [0.5, 0.6) is 11.5 Å². The number of aliphatic carboxylic acids is 1. The summed E-state index contributed by atoms with van der Waals surface area (Å²) in [6.45, 7) is 0. The zero-order chi connectivity index (χ0) is 16.4. The number of methoxy groups -OCH3 is 1. The molecule has 1 atom stereocenters. The van der Waals surface area contributed by atoms with Gasteiger partial charge in [-0.3, -0.25) is 4.79 Å². The molecule has 1 aliphatic carbocycles. The fourth-order valence-electron chi connectivity index (χ4n) is 2.91. The molecule has 0 saturated heterocycles. The van der Waals surface area contributed by atoms with Gasteiger partial charge in [0.05, 0.1) is 13.5 Å². The average molecular weight is 377 g/mol. The van der Waals surface area contributed by atoms with Crippen LogP contribution in [0, 0.1) is 0 Å². The highest BCUT2D eigenvalue weighted by Gasteiger charge is 2.25. The number of hydrogen-bond donors (Lipinski definition) is 1. The lowest BCUT2D eigenvalue weighted by molar-refractivity contribution is -0.136. The first-order chi connectivity index (χ1) is 11.1. The Labute approximate surface area is 143 Å². The van der Waals surface area contributed by atoms with Crippen molar-refractivity contribution in [1.82, 2.24) is 0 Å². The maximum absolute atomic E-state index is 11.1. The molecule has 0 saturated carbocycles. The molecule has 0 fully saturated rings. The van der Waals surface area contributed by atoms with Gasteiger partial charge in [0.25, 0.3) is 0 Å². The van der Waals surface area contributed by atoms with Crippen LogP contribution in [0.15, 0.2) is 40.9 Å². The van der Waals surface area contributed by atoms with E-state index in [1.165, 1.54) is 5.56 Å². The molecule has 5 heteroatoms. The Balaban J connectivity index is 1.89. The van der Waals surface area contributed by atoms with Gasteiger partial charge in [0, 0.05) is 10.0 Å². The van der Waals surface area contributed by atoms with Crippen LogP contribution in [-0.4, -0.2) is 18.2 Å². The topological polar surface area (TPSA) is 55.8 Å². The van der Waals surface area contributed by atoms with Crippen LogP contribution < -0.4 is 9.47 Å². The first-order valence-corrected chi connectivity index (χ1v) is 8.20. The average Bonchev–Trinajstić information content (AvgIpc) is 2.90. The van der Waals surface area contributed by atoms with E-state index < -0.39 is 5.97 Å². The van der Waals surface area contributed by atoms with Crippen molar-refractivity contribution in [3.63, 3.8) is 0 Å². The summed E-state index contributed by atoms with van der Waals surface area (Å²) >= 11 is 3.49. The number of carboxylic acid groups (broad SMARTS) is 1. The second-order valence-electron chi connectivity index (χ2n) is 5.53. The monoisotopic (exact) mass is 376 g/mol. The van der Waals surface area contributed by atoms with Crippen LogP contribution in [0.25, 0.3) is 0 Å². The summed E-state index contributed by atoms with van der Waals surface area (Å²) in [5, 5.41) is 9.11. The van der Waals surface area contributed by atoms with E-state index in [-0.39, 0.29) is 12.5 Å². The highest BCUT2D eigenvalue weighted by Crippen LogP contribution is 2.38. The maximum Gasteiger partial charge on any atom is 0.307 e. The summed E-state index contributed by atoms with van der Waals surface area (Å²) in [5.41, 5.74) is 3.07. The summed E-state index contributed by atoms with van der Waals surface area (Å²) in [4.78, 5) is 11.1. The molecular formula is C18H17BrO4. The number of benzene rings is 2. The molecule has 2 aromatic rings. The zero-order valence-electron chi connectivity index (χ0n) is 12.7. The number of halogens is 1. The van der Waals surface area contributed by atoms with Gasteiger partial charge in [-0.1, -0.05) is 22.0 Å². The summed E-state index contributed by atoms with van der Waals surface area (Å²) in [7, 11) is 1.56. The number of fused-ring (bicyclic) bond motifs is 1. The Kier molecular flexibility index (Phi) is 4.57. The number of aryl methyl sites for hydroxylation is 1. The number of ether oxygens (including phenoxy) is 2. The van der Waals surface area contributed by atoms with E-state index in [0.717, 1.165) is 22.9 Å². The normalized spacial score (nSPS) is 16.0. The van der Waals surface area contributed by atoms with Crippen molar-refractivity contribution in [1.29, 1.82) is 0 Å². The molecule has 0 aromatic heterocycles. The van der Waals surface area contributed by atoms with Crippen LogP contribution in [0.2, 0.25) is 0 Å². The molecule has 2 aromatic carbocycles. The molecular weight excluding hydrogens is 360 g/mol. The summed E-state index contributed by atoms with van der Waals surface area (Å²) in [6, 6.07) is 11.5. The van der Waals surface area contributed by atoms with Gasteiger partial charge < -0.3 is 14.6 Å². The number of hydrogen-bond acceptors (Lipinski definition) is 3. The highest BCUT2D eigenvalue weighted by molar-refractivity contribution is 9.10. The van der Waals surface area contributed by atoms with Crippen LogP contribution >= 0.6 is 15.9 Å². The van der Waals surface area contributed by atoms with E-state index in [9.17, 15) is 4.79 Å². The van der Waals surface area contributed by atoms with Gasteiger partial charge in [-0.05, 0) is 54.3 Å². The quantitative estimate of drug-likeness (QED) is 0.851. The standard InChI is InChI=1S/C18H17BrO4/c1-22-14-5-7-16(12(8-14)9-18(20)21)23-17-6-3-11-2-4-13(19)10-15(11)17/h2,4-5,7-8,10,17H,3,6,9H2,1H3,(H,20,21). The van der Waals surface area contributed by atoms with Crippen molar-refractivity contribution in [2.45, 2.75) is 25.4 Å². The summed E-state index contributed by atoms with van der Waals surface area (Å²) in [5.74, 6) is 0.340. The minimum absolute atomic E-state index is 0.0524. The Hall–Kier alpha value is -2.01. The smallest absolute Gasteiger partial charge is 0.307 e. The van der Waals surface area contributed by atoms with Gasteiger partial charge in [-0.2, -0.15) is 0 Å². The molecule has 23 heavy (non-hydrogen) atoms. The Morgan fingerprint density at radius 2 is 2.13 bits per heavy atom. The van der Waals surface area contributed by atoms with E-state index in [1.54, 1.807) is 25.3 Å². The van der Waals surface area contributed by atoms with Crippen molar-refractivity contribution in [3.8, 4) is 11.5 Å². The maximum atomic E-state index is 11.1. The van der Waals surface area contributed by atoms with E-state index in [2.05, 4.69) is 28.1 Å². The molecule has 120 valence electrons. The molecule has 0 amide bonds. The largest absolute Gasteiger partial charge is 0.497 e. The first-order valence-electron chi connectivity index (χ1n) is 7.40. The molecule has 1 N–H and O–H groups in total. The van der Waals surface area contributed by atoms with Gasteiger partial charge in [-0.25, -0.2) is 0 Å². The Morgan fingerprint density at radius 3 is 2.87 bits per heavy atom. The van der Waals surface area contributed by atoms with Crippen LogP contribution in [-0.2, 0) is 17.6 Å². The lowest BCUT2D eigenvalue weighted by atomic mass is 10.1. The number of carbonyl (C=O) groups is 1. The fourth-order valence-corrected chi connectivity index (χ4v) is 3.29. The minimum Gasteiger partial charge on any atom is -0.497 e. The predicted molar refractivity (Wildman–Crippen MR) is 90.2 cm³/mol. The lowest BCUT2D eigenvalue weighted by Gasteiger charge is -2.18. The van der Waals surface area contributed by atoms with Crippen molar-refractivity contribution >= 4 is 21.9 Å². The third-order valence-corrected chi connectivity index (χ3v) is 4.50. The Bertz CT molecular complexity index is 742. The first kappa shape index (κ1) is 15.9. The van der Waals surface area contributed by atoms with Crippen LogP contribution in [0.4, 0.5) is 0 Å². The van der Waals surface area contributed by atoms with Crippen molar-refractivity contribution < 1.29 is 19.4 Å². The molecule has 4 nitrogen and oxygen atoms in total. The van der Waals surface area contributed by atoms with Gasteiger partial charge in [-0.15, -0.1) is 0 Å². The molecule has 0 bridgehead atoms. The van der Waals surface area contributed by atoms with Crippen LogP contribution in [0.1, 0.15) is 29.2 Å². The van der Waals surface area contributed by atoms with Gasteiger partial charge in [0.2, 0.25) is 0 Å². The van der Waals surface area contributed by atoms with E-state index in [1.807, 2.05) is 6.07 Å². The molecule has 0 heterocycles. The van der Waals surface area contributed by atoms with Gasteiger partial charge >= 0.3 is 5.97 Å². The highest BCUT2D eigenvalue weighted by atomic mass is 79.9. The molecule has 3 rings (SSSR count). The third-order valence-electron chi connectivity index (χ3n) is 4.01. The van der Waals surface area contributed by atoms with Crippen molar-refractivity contribution in [2.75, 3.05) is 7.11 Å².